The molecule has 0 spiro atoms. The summed E-state index contributed by atoms with van der Waals surface area (Å²) >= 11 is 3.47. The lowest BCUT2D eigenvalue weighted by Crippen LogP contribution is -2.52. The molecule has 3 nitrogen and oxygen atoms in total. The lowest BCUT2D eigenvalue weighted by Gasteiger charge is -2.46. The van der Waals surface area contributed by atoms with Gasteiger partial charge in [0.25, 0.3) is 0 Å². The lowest BCUT2D eigenvalue weighted by atomic mass is 9.84. The minimum Gasteiger partial charge on any atom is -0.370 e. The predicted molar refractivity (Wildman–Crippen MR) is 89.8 cm³/mol. The normalized spacial score (nSPS) is 26.2. The van der Waals surface area contributed by atoms with E-state index >= 15 is 0 Å². The van der Waals surface area contributed by atoms with Gasteiger partial charge in [0, 0.05) is 24.5 Å². The van der Waals surface area contributed by atoms with Crippen LogP contribution in [0, 0.1) is 17.2 Å². The molecule has 2 unspecified atom stereocenters. The molecule has 21 heavy (non-hydrogen) atoms. The van der Waals surface area contributed by atoms with E-state index in [2.05, 4.69) is 51.0 Å². The standard InChI is InChI=1S/C17H22BrN3/c1-20-7-2-3-14-12-21(8-6-16(14)20)17-5-4-13(10-18)9-15(17)11-19/h4-5,9,14,16H,2-3,6-8,10,12H2,1H3. The maximum Gasteiger partial charge on any atom is 0.101 e. The number of fused-ring (bicyclic) bond motifs is 1. The average Bonchev–Trinajstić information content (AvgIpc) is 2.54. The van der Waals surface area contributed by atoms with Crippen LogP contribution in [0.1, 0.15) is 30.4 Å². The summed E-state index contributed by atoms with van der Waals surface area (Å²) < 4.78 is 0. The number of nitrogens with zero attached hydrogens (tertiary/aromatic N) is 3. The molecule has 0 N–H and O–H groups in total. The van der Waals surface area contributed by atoms with Gasteiger partial charge >= 0.3 is 0 Å². The van der Waals surface area contributed by atoms with Crippen LogP contribution >= 0.6 is 15.9 Å². The number of hydrogen-bond donors (Lipinski definition) is 0. The van der Waals surface area contributed by atoms with Gasteiger partial charge in [0.15, 0.2) is 0 Å². The molecule has 2 aliphatic heterocycles. The van der Waals surface area contributed by atoms with Gasteiger partial charge in [0.1, 0.15) is 6.07 Å². The topological polar surface area (TPSA) is 30.3 Å². The van der Waals surface area contributed by atoms with Gasteiger partial charge in [-0.15, -0.1) is 0 Å². The molecule has 0 bridgehead atoms. The molecule has 2 atom stereocenters. The van der Waals surface area contributed by atoms with Crippen LogP contribution in [0.2, 0.25) is 0 Å². The molecule has 4 heteroatoms. The van der Waals surface area contributed by atoms with Gasteiger partial charge in [-0.1, -0.05) is 22.0 Å². The number of piperidine rings is 2. The molecular formula is C17H22BrN3. The van der Waals surface area contributed by atoms with Crippen LogP contribution in [0.15, 0.2) is 18.2 Å². The number of benzene rings is 1. The molecule has 2 saturated heterocycles. The van der Waals surface area contributed by atoms with Crippen LogP contribution in [-0.4, -0.2) is 37.6 Å². The van der Waals surface area contributed by atoms with Crippen LogP contribution in [0.4, 0.5) is 5.69 Å². The van der Waals surface area contributed by atoms with E-state index in [0.717, 1.165) is 41.6 Å². The van der Waals surface area contributed by atoms with Gasteiger partial charge in [-0.3, -0.25) is 0 Å². The molecule has 112 valence electrons. The number of alkyl halides is 1. The van der Waals surface area contributed by atoms with E-state index in [9.17, 15) is 5.26 Å². The number of anilines is 1. The molecule has 0 aliphatic carbocycles. The SMILES string of the molecule is CN1CCCC2CN(c3ccc(CBr)cc3C#N)CCC21. The fourth-order valence-corrected chi connectivity index (χ4v) is 4.25. The fraction of sp³-hybridized carbons (Fsp3) is 0.588. The van der Waals surface area contributed by atoms with Gasteiger partial charge in [-0.05, 0) is 56.5 Å². The first-order valence-corrected chi connectivity index (χ1v) is 8.89. The van der Waals surface area contributed by atoms with Crippen molar-refractivity contribution in [2.45, 2.75) is 30.6 Å². The van der Waals surface area contributed by atoms with Crippen molar-refractivity contribution in [1.29, 1.82) is 5.26 Å². The molecule has 2 heterocycles. The Balaban J connectivity index is 1.81. The zero-order valence-electron chi connectivity index (χ0n) is 12.6. The Labute approximate surface area is 135 Å². The Morgan fingerprint density at radius 2 is 2.19 bits per heavy atom. The predicted octanol–water partition coefficient (Wildman–Crippen LogP) is 3.37. The van der Waals surface area contributed by atoms with Gasteiger partial charge in [0.05, 0.1) is 11.3 Å². The van der Waals surface area contributed by atoms with Crippen LogP contribution in [0.3, 0.4) is 0 Å². The van der Waals surface area contributed by atoms with Crippen LogP contribution in [-0.2, 0) is 5.33 Å². The lowest BCUT2D eigenvalue weighted by molar-refractivity contribution is 0.102. The first kappa shape index (κ1) is 14.9. The largest absolute Gasteiger partial charge is 0.370 e. The molecule has 1 aromatic carbocycles. The second-order valence-corrected chi connectivity index (χ2v) is 6.84. The Hall–Kier alpha value is -1.05. The Morgan fingerprint density at radius 3 is 2.95 bits per heavy atom. The van der Waals surface area contributed by atoms with E-state index in [1.54, 1.807) is 0 Å². The fourth-order valence-electron chi connectivity index (χ4n) is 3.90. The van der Waals surface area contributed by atoms with Crippen LogP contribution in [0.25, 0.3) is 0 Å². The van der Waals surface area contributed by atoms with E-state index < -0.39 is 0 Å². The van der Waals surface area contributed by atoms with Gasteiger partial charge < -0.3 is 9.80 Å². The van der Waals surface area contributed by atoms with Crippen molar-refractivity contribution in [3.63, 3.8) is 0 Å². The summed E-state index contributed by atoms with van der Waals surface area (Å²) in [6.07, 6.45) is 3.85. The summed E-state index contributed by atoms with van der Waals surface area (Å²) in [5.74, 6) is 0.750. The number of hydrogen-bond acceptors (Lipinski definition) is 3. The van der Waals surface area contributed by atoms with Crippen molar-refractivity contribution in [3.05, 3.63) is 29.3 Å². The highest BCUT2D eigenvalue weighted by molar-refractivity contribution is 9.08. The maximum absolute atomic E-state index is 9.44. The minimum atomic E-state index is 0.738. The van der Waals surface area contributed by atoms with Gasteiger partial charge in [0.2, 0.25) is 0 Å². The van der Waals surface area contributed by atoms with Crippen molar-refractivity contribution in [2.75, 3.05) is 31.6 Å². The summed E-state index contributed by atoms with van der Waals surface area (Å²) in [7, 11) is 2.26. The smallest absolute Gasteiger partial charge is 0.101 e. The summed E-state index contributed by atoms with van der Waals surface area (Å²) in [5.41, 5.74) is 3.10. The summed E-state index contributed by atoms with van der Waals surface area (Å²) in [4.78, 5) is 4.96. The third kappa shape index (κ3) is 2.95. The molecule has 2 fully saturated rings. The minimum absolute atomic E-state index is 0.738. The second-order valence-electron chi connectivity index (χ2n) is 6.28. The summed E-state index contributed by atoms with van der Waals surface area (Å²) in [6.45, 7) is 3.40. The number of halogens is 1. The van der Waals surface area contributed by atoms with Crippen molar-refractivity contribution >= 4 is 21.6 Å². The van der Waals surface area contributed by atoms with Gasteiger partial charge in [-0.2, -0.15) is 5.26 Å². The van der Waals surface area contributed by atoms with Crippen LogP contribution in [0.5, 0.6) is 0 Å². The molecule has 2 aliphatic rings. The molecule has 3 rings (SSSR count). The van der Waals surface area contributed by atoms with Gasteiger partial charge in [-0.25, -0.2) is 0 Å². The Morgan fingerprint density at radius 1 is 1.33 bits per heavy atom. The highest BCUT2D eigenvalue weighted by Gasteiger charge is 2.34. The van der Waals surface area contributed by atoms with E-state index in [4.69, 9.17) is 0 Å². The quantitative estimate of drug-likeness (QED) is 0.768. The molecule has 0 amide bonds. The van der Waals surface area contributed by atoms with E-state index in [0.29, 0.717) is 0 Å². The van der Waals surface area contributed by atoms with Crippen molar-refractivity contribution in [1.82, 2.24) is 4.90 Å². The van der Waals surface area contributed by atoms with E-state index in [1.807, 2.05) is 6.07 Å². The molecule has 1 aromatic rings. The van der Waals surface area contributed by atoms with Crippen LogP contribution < -0.4 is 4.90 Å². The third-order valence-electron chi connectivity index (χ3n) is 5.02. The molecule has 0 aromatic heterocycles. The molecular weight excluding hydrogens is 326 g/mol. The Kier molecular flexibility index (Phi) is 4.51. The molecule has 0 saturated carbocycles. The van der Waals surface area contributed by atoms with E-state index in [-0.39, 0.29) is 0 Å². The highest BCUT2D eigenvalue weighted by atomic mass is 79.9. The maximum atomic E-state index is 9.44. The monoisotopic (exact) mass is 347 g/mol. The Bertz CT molecular complexity index is 551. The third-order valence-corrected chi connectivity index (χ3v) is 5.67. The van der Waals surface area contributed by atoms with E-state index in [1.165, 1.54) is 31.4 Å². The zero-order valence-corrected chi connectivity index (χ0v) is 14.1. The first-order chi connectivity index (χ1) is 10.2. The summed E-state index contributed by atoms with van der Waals surface area (Å²) in [6, 6.07) is 9.39. The average molecular weight is 348 g/mol. The summed E-state index contributed by atoms with van der Waals surface area (Å²) in [5, 5.41) is 10.2. The van der Waals surface area contributed by atoms with Crippen molar-refractivity contribution < 1.29 is 0 Å². The first-order valence-electron chi connectivity index (χ1n) is 7.77. The van der Waals surface area contributed by atoms with Crippen molar-refractivity contribution in [3.8, 4) is 6.07 Å². The second kappa shape index (κ2) is 6.37. The number of nitriles is 1. The molecule has 0 radical (unpaired) electrons. The van der Waals surface area contributed by atoms with Crippen molar-refractivity contribution in [2.24, 2.45) is 5.92 Å². The highest BCUT2D eigenvalue weighted by Crippen LogP contribution is 2.33. The number of likely N-dealkylation sites (tertiary alicyclic amines) is 1. The number of rotatable bonds is 2. The zero-order chi connectivity index (χ0) is 14.8.